The van der Waals surface area contributed by atoms with Gasteiger partial charge in [0.05, 0.1) is 5.69 Å². The fourth-order valence-corrected chi connectivity index (χ4v) is 4.03. The van der Waals surface area contributed by atoms with Gasteiger partial charge < -0.3 is 0 Å². The molecule has 1 heterocycles. The first-order valence-corrected chi connectivity index (χ1v) is 9.53. The van der Waals surface area contributed by atoms with Gasteiger partial charge in [0, 0.05) is 16.5 Å². The van der Waals surface area contributed by atoms with Gasteiger partial charge in [-0.25, -0.2) is 4.98 Å². The van der Waals surface area contributed by atoms with Gasteiger partial charge in [-0.2, -0.15) is 0 Å². The lowest BCUT2D eigenvalue weighted by atomic mass is 9.90. The number of aromatic nitrogens is 1. The Labute approximate surface area is 151 Å². The lowest BCUT2D eigenvalue weighted by Gasteiger charge is -2.16. The van der Waals surface area contributed by atoms with Crippen LogP contribution in [0.3, 0.4) is 0 Å². The quantitative estimate of drug-likeness (QED) is 0.702. The molecule has 1 aliphatic rings. The van der Waals surface area contributed by atoms with Crippen molar-refractivity contribution in [2.24, 2.45) is 0 Å². The van der Waals surface area contributed by atoms with Crippen LogP contribution < -0.4 is 5.32 Å². The van der Waals surface area contributed by atoms with E-state index in [2.05, 4.69) is 28.5 Å². The summed E-state index contributed by atoms with van der Waals surface area (Å²) in [6, 6.07) is 14.2. The average molecular weight is 348 g/mol. The Hall–Kier alpha value is -2.46. The zero-order valence-electron chi connectivity index (χ0n) is 14.2. The lowest BCUT2D eigenvalue weighted by Crippen LogP contribution is -2.11. The second-order valence-electron chi connectivity index (χ2n) is 6.55. The number of nitrogens with one attached hydrogen (secondary N) is 1. The van der Waals surface area contributed by atoms with Crippen molar-refractivity contribution in [3.8, 4) is 11.3 Å². The van der Waals surface area contributed by atoms with E-state index in [0.717, 1.165) is 23.2 Å². The van der Waals surface area contributed by atoms with Crippen molar-refractivity contribution in [2.45, 2.75) is 32.6 Å². The normalized spacial score (nSPS) is 13.3. The van der Waals surface area contributed by atoms with E-state index in [1.165, 1.54) is 41.7 Å². The van der Waals surface area contributed by atoms with Crippen LogP contribution in [-0.2, 0) is 12.8 Å². The van der Waals surface area contributed by atoms with Crippen molar-refractivity contribution < 1.29 is 4.79 Å². The summed E-state index contributed by atoms with van der Waals surface area (Å²) in [4.78, 5) is 17.0. The van der Waals surface area contributed by atoms with Crippen LogP contribution in [-0.4, -0.2) is 10.9 Å². The molecule has 0 fully saturated rings. The second kappa shape index (κ2) is 6.81. The Bertz CT molecular complexity index is 929. The van der Waals surface area contributed by atoms with Crippen LogP contribution in [0, 0.1) is 6.92 Å². The van der Waals surface area contributed by atoms with E-state index >= 15 is 0 Å². The number of anilines is 1. The van der Waals surface area contributed by atoms with Crippen LogP contribution in [0.2, 0.25) is 0 Å². The Kier molecular flexibility index (Phi) is 4.36. The zero-order valence-corrected chi connectivity index (χ0v) is 15.0. The maximum Gasteiger partial charge on any atom is 0.257 e. The number of amides is 1. The highest BCUT2D eigenvalue weighted by atomic mass is 32.1. The van der Waals surface area contributed by atoms with Gasteiger partial charge in [0.15, 0.2) is 5.13 Å². The van der Waals surface area contributed by atoms with Crippen LogP contribution in [0.5, 0.6) is 0 Å². The number of carbonyl (C=O) groups excluding carboxylic acids is 1. The standard InChI is InChI=1S/C21H20N2OS/c1-14-5-4-8-18(11-14)20(24)23-21-22-19(13-25-21)17-10-9-15-6-2-3-7-16(15)12-17/h4-5,8-13H,2-3,6-7H2,1H3,(H,22,23,24). The number of carbonyl (C=O) groups is 1. The predicted molar refractivity (Wildman–Crippen MR) is 103 cm³/mol. The first-order chi connectivity index (χ1) is 12.2. The number of rotatable bonds is 3. The maximum absolute atomic E-state index is 12.4. The topological polar surface area (TPSA) is 42.0 Å². The van der Waals surface area contributed by atoms with Crippen molar-refractivity contribution >= 4 is 22.4 Å². The molecule has 0 aliphatic heterocycles. The van der Waals surface area contributed by atoms with Crippen LogP contribution in [0.15, 0.2) is 47.8 Å². The van der Waals surface area contributed by atoms with Gasteiger partial charge in [0.1, 0.15) is 0 Å². The van der Waals surface area contributed by atoms with Crippen molar-refractivity contribution in [1.29, 1.82) is 0 Å². The third-order valence-electron chi connectivity index (χ3n) is 4.65. The van der Waals surface area contributed by atoms with Gasteiger partial charge in [0.25, 0.3) is 5.91 Å². The molecule has 0 saturated heterocycles. The highest BCUT2D eigenvalue weighted by Gasteiger charge is 2.13. The number of nitrogens with zero attached hydrogens (tertiary/aromatic N) is 1. The first kappa shape index (κ1) is 16.0. The van der Waals surface area contributed by atoms with E-state index in [0.29, 0.717) is 10.7 Å². The Morgan fingerprint density at radius 1 is 1.08 bits per heavy atom. The molecule has 4 heteroatoms. The lowest BCUT2D eigenvalue weighted by molar-refractivity contribution is 0.102. The average Bonchev–Trinajstić information content (AvgIpc) is 3.10. The number of fused-ring (bicyclic) bond motifs is 1. The minimum absolute atomic E-state index is 0.116. The Morgan fingerprint density at radius 3 is 2.76 bits per heavy atom. The minimum atomic E-state index is -0.116. The third kappa shape index (κ3) is 3.49. The fraction of sp³-hybridized carbons (Fsp3) is 0.238. The van der Waals surface area contributed by atoms with E-state index in [1.54, 1.807) is 0 Å². The molecule has 1 aromatic heterocycles. The van der Waals surface area contributed by atoms with Gasteiger partial charge in [0.2, 0.25) is 0 Å². The summed E-state index contributed by atoms with van der Waals surface area (Å²) < 4.78 is 0. The monoisotopic (exact) mass is 348 g/mol. The Morgan fingerprint density at radius 2 is 1.92 bits per heavy atom. The summed E-state index contributed by atoms with van der Waals surface area (Å²) >= 11 is 1.47. The third-order valence-corrected chi connectivity index (χ3v) is 5.41. The predicted octanol–water partition coefficient (Wildman–Crippen LogP) is 5.25. The van der Waals surface area contributed by atoms with Gasteiger partial charge in [-0.3, -0.25) is 10.1 Å². The molecule has 0 saturated carbocycles. The number of thiazole rings is 1. The number of benzene rings is 2. The molecule has 2 aromatic carbocycles. The molecular weight excluding hydrogens is 328 g/mol. The van der Waals surface area contributed by atoms with Gasteiger partial charge >= 0.3 is 0 Å². The molecule has 0 bridgehead atoms. The zero-order chi connectivity index (χ0) is 17.2. The smallest absolute Gasteiger partial charge is 0.257 e. The molecule has 0 spiro atoms. The maximum atomic E-state index is 12.4. The fourth-order valence-electron chi connectivity index (χ4n) is 3.31. The van der Waals surface area contributed by atoms with E-state index in [1.807, 2.05) is 36.6 Å². The van der Waals surface area contributed by atoms with Crippen molar-refractivity contribution in [1.82, 2.24) is 4.98 Å². The number of hydrogen-bond acceptors (Lipinski definition) is 3. The molecule has 1 aliphatic carbocycles. The van der Waals surface area contributed by atoms with Gasteiger partial charge in [-0.1, -0.05) is 29.8 Å². The van der Waals surface area contributed by atoms with Crippen molar-refractivity contribution in [3.05, 3.63) is 70.1 Å². The van der Waals surface area contributed by atoms with E-state index in [9.17, 15) is 4.79 Å². The highest BCUT2D eigenvalue weighted by molar-refractivity contribution is 7.14. The molecule has 0 atom stereocenters. The van der Waals surface area contributed by atoms with E-state index < -0.39 is 0 Å². The summed E-state index contributed by atoms with van der Waals surface area (Å²) in [7, 11) is 0. The molecule has 0 unspecified atom stereocenters. The SMILES string of the molecule is Cc1cccc(C(=O)Nc2nc(-c3ccc4c(c3)CCCC4)cs2)c1. The van der Waals surface area contributed by atoms with Crippen LogP contribution >= 0.6 is 11.3 Å². The van der Waals surface area contributed by atoms with E-state index in [4.69, 9.17) is 0 Å². The molecule has 0 radical (unpaired) electrons. The number of hydrogen-bond donors (Lipinski definition) is 1. The molecule has 4 rings (SSSR count). The van der Waals surface area contributed by atoms with Gasteiger partial charge in [-0.05, 0) is 61.9 Å². The molecule has 1 amide bonds. The number of aryl methyl sites for hydroxylation is 3. The molecule has 1 N–H and O–H groups in total. The highest BCUT2D eigenvalue weighted by Crippen LogP contribution is 2.29. The summed E-state index contributed by atoms with van der Waals surface area (Å²) in [6.07, 6.45) is 4.90. The van der Waals surface area contributed by atoms with Crippen LogP contribution in [0.4, 0.5) is 5.13 Å². The first-order valence-electron chi connectivity index (χ1n) is 8.65. The molecule has 126 valence electrons. The molecule has 3 aromatic rings. The summed E-state index contributed by atoms with van der Waals surface area (Å²) in [6.45, 7) is 1.98. The van der Waals surface area contributed by atoms with Crippen LogP contribution in [0.25, 0.3) is 11.3 Å². The van der Waals surface area contributed by atoms with E-state index in [-0.39, 0.29) is 5.91 Å². The van der Waals surface area contributed by atoms with Crippen molar-refractivity contribution in [3.63, 3.8) is 0 Å². The summed E-state index contributed by atoms with van der Waals surface area (Å²) in [5, 5.41) is 5.55. The molecular formula is C21H20N2OS. The van der Waals surface area contributed by atoms with Crippen LogP contribution in [0.1, 0.15) is 39.9 Å². The van der Waals surface area contributed by atoms with Gasteiger partial charge in [-0.15, -0.1) is 11.3 Å². The minimum Gasteiger partial charge on any atom is -0.298 e. The summed E-state index contributed by atoms with van der Waals surface area (Å²) in [5.74, 6) is -0.116. The Balaban J connectivity index is 1.53. The molecule has 3 nitrogen and oxygen atoms in total. The summed E-state index contributed by atoms with van der Waals surface area (Å²) in [5.41, 5.74) is 6.71. The molecule has 25 heavy (non-hydrogen) atoms. The second-order valence-corrected chi connectivity index (χ2v) is 7.41. The largest absolute Gasteiger partial charge is 0.298 e. The van der Waals surface area contributed by atoms with Crippen molar-refractivity contribution in [2.75, 3.05) is 5.32 Å².